The van der Waals surface area contributed by atoms with Crippen LogP contribution in [-0.2, 0) is 11.3 Å². The van der Waals surface area contributed by atoms with Crippen LogP contribution in [0.1, 0.15) is 47.0 Å². The van der Waals surface area contributed by atoms with Gasteiger partial charge in [-0.2, -0.15) is 0 Å². The zero-order valence-corrected chi connectivity index (χ0v) is 19.3. The van der Waals surface area contributed by atoms with Crippen LogP contribution in [0.5, 0.6) is 0 Å². The van der Waals surface area contributed by atoms with Gasteiger partial charge in [0.15, 0.2) is 5.65 Å². The third-order valence-corrected chi connectivity index (χ3v) is 6.38. The number of nitrogens with zero attached hydrogens (tertiary/aromatic N) is 3. The van der Waals surface area contributed by atoms with E-state index in [-0.39, 0.29) is 23.0 Å². The Bertz CT molecular complexity index is 1300. The number of benzene rings is 2. The van der Waals surface area contributed by atoms with Gasteiger partial charge in [0.05, 0.1) is 16.6 Å². The van der Waals surface area contributed by atoms with Gasteiger partial charge in [-0.15, -0.1) is 0 Å². The van der Waals surface area contributed by atoms with E-state index in [1.165, 1.54) is 0 Å². The average molecular weight is 430 g/mol. The lowest BCUT2D eigenvalue weighted by Crippen LogP contribution is -2.62. The first-order valence-corrected chi connectivity index (χ1v) is 11.4. The van der Waals surface area contributed by atoms with Gasteiger partial charge < -0.3 is 15.2 Å². The molecule has 0 atom stereocenters. The SMILES string of the molecule is CC1(C)CC(NC(=O)CCn2c3ccccc3c3nc4ccccc4nc32)CC(C)(C)N1. The van der Waals surface area contributed by atoms with Gasteiger partial charge in [0, 0.05) is 35.5 Å². The summed E-state index contributed by atoms with van der Waals surface area (Å²) in [4.78, 5) is 22.7. The number of nitrogens with one attached hydrogen (secondary N) is 2. The van der Waals surface area contributed by atoms with Crippen molar-refractivity contribution in [2.45, 2.75) is 70.6 Å². The molecule has 2 aromatic heterocycles. The molecule has 0 saturated carbocycles. The third kappa shape index (κ3) is 3.95. The van der Waals surface area contributed by atoms with E-state index in [0.29, 0.717) is 13.0 Å². The lowest BCUT2D eigenvalue weighted by molar-refractivity contribution is -0.122. The molecule has 4 aromatic rings. The van der Waals surface area contributed by atoms with E-state index in [4.69, 9.17) is 9.97 Å². The van der Waals surface area contributed by atoms with Crippen LogP contribution in [0.25, 0.3) is 33.1 Å². The minimum absolute atomic E-state index is 0.00315. The molecule has 166 valence electrons. The molecule has 0 unspecified atom stereocenters. The quantitative estimate of drug-likeness (QED) is 0.499. The topological polar surface area (TPSA) is 71.8 Å². The van der Waals surface area contributed by atoms with Crippen molar-refractivity contribution in [2.24, 2.45) is 0 Å². The highest BCUT2D eigenvalue weighted by molar-refractivity contribution is 6.06. The monoisotopic (exact) mass is 429 g/mol. The number of fused-ring (bicyclic) bond motifs is 4. The summed E-state index contributed by atoms with van der Waals surface area (Å²) in [5, 5.41) is 8.04. The van der Waals surface area contributed by atoms with Gasteiger partial charge in [-0.05, 0) is 58.7 Å². The first-order valence-electron chi connectivity index (χ1n) is 11.4. The maximum Gasteiger partial charge on any atom is 0.222 e. The van der Waals surface area contributed by atoms with E-state index >= 15 is 0 Å². The van der Waals surface area contributed by atoms with Crippen LogP contribution < -0.4 is 10.6 Å². The Labute approximate surface area is 188 Å². The number of rotatable bonds is 4. The van der Waals surface area contributed by atoms with Crippen LogP contribution in [-0.4, -0.2) is 37.6 Å². The van der Waals surface area contributed by atoms with Crippen molar-refractivity contribution < 1.29 is 4.79 Å². The van der Waals surface area contributed by atoms with E-state index in [2.05, 4.69) is 55.0 Å². The van der Waals surface area contributed by atoms with Gasteiger partial charge in [0.25, 0.3) is 0 Å². The maximum atomic E-state index is 12.9. The summed E-state index contributed by atoms with van der Waals surface area (Å²) < 4.78 is 2.14. The Morgan fingerprint density at radius 3 is 2.34 bits per heavy atom. The molecule has 0 bridgehead atoms. The van der Waals surface area contributed by atoms with Crippen molar-refractivity contribution in [3.05, 3.63) is 48.5 Å². The molecule has 5 rings (SSSR count). The molecule has 2 aromatic carbocycles. The third-order valence-electron chi connectivity index (χ3n) is 6.38. The standard InChI is InChI=1S/C26H31N5O/c1-25(2)15-17(16-26(3,4)30-25)27-22(32)13-14-31-21-12-8-5-9-18(21)23-24(31)29-20-11-7-6-10-19(20)28-23/h5-12,17,30H,13-16H2,1-4H3,(H,27,32). The smallest absolute Gasteiger partial charge is 0.222 e. The highest BCUT2D eigenvalue weighted by Crippen LogP contribution is 2.30. The van der Waals surface area contributed by atoms with Crippen LogP contribution >= 0.6 is 0 Å². The number of hydrogen-bond acceptors (Lipinski definition) is 4. The zero-order valence-electron chi connectivity index (χ0n) is 19.3. The number of piperidine rings is 1. The normalized spacial score (nSPS) is 18.4. The highest BCUT2D eigenvalue weighted by atomic mass is 16.1. The second kappa shape index (κ2) is 7.55. The van der Waals surface area contributed by atoms with Gasteiger partial charge in [0.2, 0.25) is 5.91 Å². The molecule has 1 aliphatic rings. The van der Waals surface area contributed by atoms with Gasteiger partial charge >= 0.3 is 0 Å². The summed E-state index contributed by atoms with van der Waals surface area (Å²) in [6.07, 6.45) is 2.26. The molecule has 1 amide bonds. The fourth-order valence-electron chi connectivity index (χ4n) is 5.55. The van der Waals surface area contributed by atoms with Crippen molar-refractivity contribution in [1.82, 2.24) is 25.2 Å². The van der Waals surface area contributed by atoms with Gasteiger partial charge in [0.1, 0.15) is 5.52 Å². The molecule has 6 heteroatoms. The molecular formula is C26H31N5O. The van der Waals surface area contributed by atoms with Gasteiger partial charge in [-0.3, -0.25) is 4.79 Å². The molecule has 1 saturated heterocycles. The average Bonchev–Trinajstić information content (AvgIpc) is 3.01. The van der Waals surface area contributed by atoms with E-state index in [0.717, 1.165) is 45.9 Å². The minimum atomic E-state index is 0.00315. The molecule has 32 heavy (non-hydrogen) atoms. The summed E-state index contributed by atoms with van der Waals surface area (Å²) in [5.74, 6) is 0.0863. The fourth-order valence-corrected chi connectivity index (χ4v) is 5.55. The number of para-hydroxylation sites is 3. The summed E-state index contributed by atoms with van der Waals surface area (Å²) >= 11 is 0. The Hall–Kier alpha value is -2.99. The molecule has 1 aliphatic heterocycles. The first kappa shape index (κ1) is 20.9. The Morgan fingerprint density at radius 2 is 1.62 bits per heavy atom. The van der Waals surface area contributed by atoms with Crippen molar-refractivity contribution in [1.29, 1.82) is 0 Å². The number of carbonyl (C=O) groups excluding carboxylic acids is 1. The van der Waals surface area contributed by atoms with Crippen LogP contribution in [0, 0.1) is 0 Å². The molecular weight excluding hydrogens is 398 g/mol. The fraction of sp³-hybridized carbons (Fsp3) is 0.423. The lowest BCUT2D eigenvalue weighted by Gasteiger charge is -2.46. The van der Waals surface area contributed by atoms with Gasteiger partial charge in [-0.25, -0.2) is 9.97 Å². The lowest BCUT2D eigenvalue weighted by atomic mass is 9.79. The van der Waals surface area contributed by atoms with Crippen LogP contribution in [0.3, 0.4) is 0 Å². The summed E-state index contributed by atoms with van der Waals surface area (Å²) in [5.41, 5.74) is 4.55. The Morgan fingerprint density at radius 1 is 1.00 bits per heavy atom. The molecule has 6 nitrogen and oxygen atoms in total. The Balaban J connectivity index is 1.41. The van der Waals surface area contributed by atoms with E-state index in [1.807, 2.05) is 36.4 Å². The molecule has 0 spiro atoms. The molecule has 3 heterocycles. The second-order valence-corrected chi connectivity index (χ2v) is 10.4. The Kier molecular flexibility index (Phi) is 4.93. The molecule has 0 radical (unpaired) electrons. The number of hydrogen-bond donors (Lipinski definition) is 2. The summed E-state index contributed by atoms with van der Waals surface area (Å²) in [6.45, 7) is 9.38. The predicted molar refractivity (Wildman–Crippen MR) is 130 cm³/mol. The van der Waals surface area contributed by atoms with Crippen molar-refractivity contribution >= 4 is 39.0 Å². The van der Waals surface area contributed by atoms with Gasteiger partial charge in [-0.1, -0.05) is 30.3 Å². The second-order valence-electron chi connectivity index (χ2n) is 10.4. The number of amides is 1. The van der Waals surface area contributed by atoms with E-state index < -0.39 is 0 Å². The predicted octanol–water partition coefficient (Wildman–Crippen LogP) is 4.55. The zero-order chi connectivity index (χ0) is 22.5. The molecule has 0 aliphatic carbocycles. The molecule has 2 N–H and O–H groups in total. The van der Waals surface area contributed by atoms with Crippen LogP contribution in [0.15, 0.2) is 48.5 Å². The van der Waals surface area contributed by atoms with Crippen molar-refractivity contribution in [3.63, 3.8) is 0 Å². The maximum absolute atomic E-state index is 12.9. The highest BCUT2D eigenvalue weighted by Gasteiger charge is 2.38. The number of aromatic nitrogens is 3. The summed E-state index contributed by atoms with van der Waals surface area (Å²) in [7, 11) is 0. The van der Waals surface area contributed by atoms with Crippen LogP contribution in [0.4, 0.5) is 0 Å². The van der Waals surface area contributed by atoms with E-state index in [9.17, 15) is 4.79 Å². The number of aryl methyl sites for hydroxylation is 1. The minimum Gasteiger partial charge on any atom is -0.353 e. The summed E-state index contributed by atoms with van der Waals surface area (Å²) in [6, 6.07) is 16.3. The first-order chi connectivity index (χ1) is 15.2. The number of carbonyl (C=O) groups is 1. The van der Waals surface area contributed by atoms with Crippen molar-refractivity contribution in [2.75, 3.05) is 0 Å². The van der Waals surface area contributed by atoms with Crippen LogP contribution in [0.2, 0.25) is 0 Å². The largest absolute Gasteiger partial charge is 0.353 e. The van der Waals surface area contributed by atoms with Crippen molar-refractivity contribution in [3.8, 4) is 0 Å². The molecule has 1 fully saturated rings. The van der Waals surface area contributed by atoms with E-state index in [1.54, 1.807) is 0 Å².